The van der Waals surface area contributed by atoms with Crippen molar-refractivity contribution in [3.63, 3.8) is 0 Å². The predicted molar refractivity (Wildman–Crippen MR) is 95.7 cm³/mol. The summed E-state index contributed by atoms with van der Waals surface area (Å²) in [4.78, 5) is 12.6. The van der Waals surface area contributed by atoms with Gasteiger partial charge >= 0.3 is 6.36 Å². The molecule has 0 atom stereocenters. The predicted octanol–water partition coefficient (Wildman–Crippen LogP) is 4.79. The topological polar surface area (TPSA) is 64.4 Å². The molecule has 1 N–H and O–H groups in total. The monoisotopic (exact) mass is 390 g/mol. The normalized spacial score (nSPS) is 11.3. The molecule has 0 radical (unpaired) electrons. The highest BCUT2D eigenvalue weighted by Crippen LogP contribution is 2.29. The van der Waals surface area contributed by atoms with Gasteiger partial charge in [0, 0.05) is 12.1 Å². The van der Waals surface area contributed by atoms with Gasteiger partial charge in [-0.1, -0.05) is 35.0 Å². The Kier molecular flexibility index (Phi) is 5.39. The van der Waals surface area contributed by atoms with E-state index in [0.29, 0.717) is 17.8 Å². The molecule has 0 saturated heterocycles. The third kappa shape index (κ3) is 4.70. The van der Waals surface area contributed by atoms with Crippen molar-refractivity contribution in [2.24, 2.45) is 0 Å². The van der Waals surface area contributed by atoms with E-state index in [4.69, 9.17) is 4.52 Å². The summed E-state index contributed by atoms with van der Waals surface area (Å²) < 4.78 is 45.9. The van der Waals surface area contributed by atoms with Crippen LogP contribution in [0.2, 0.25) is 0 Å². The van der Waals surface area contributed by atoms with Gasteiger partial charge in [0.05, 0.1) is 5.69 Å². The summed E-state index contributed by atoms with van der Waals surface area (Å²) in [5, 5.41) is 6.63. The summed E-state index contributed by atoms with van der Waals surface area (Å²) in [7, 11) is 0. The molecule has 0 aliphatic carbocycles. The Balaban J connectivity index is 1.78. The lowest BCUT2D eigenvalue weighted by atomic mass is 10.1. The number of hydrogen-bond donors (Lipinski definition) is 1. The first-order valence-electron chi connectivity index (χ1n) is 8.39. The summed E-state index contributed by atoms with van der Waals surface area (Å²) in [6.07, 6.45) is -4.77. The van der Waals surface area contributed by atoms with Gasteiger partial charge in [0.1, 0.15) is 11.3 Å². The molecule has 0 aliphatic rings. The van der Waals surface area contributed by atoms with E-state index in [2.05, 4.69) is 15.2 Å². The second-order valence-corrected chi connectivity index (χ2v) is 6.22. The van der Waals surface area contributed by atoms with Gasteiger partial charge in [-0.05, 0) is 43.7 Å². The highest BCUT2D eigenvalue weighted by atomic mass is 19.4. The van der Waals surface area contributed by atoms with E-state index in [1.165, 1.54) is 12.1 Å². The Morgan fingerprint density at radius 1 is 1.14 bits per heavy atom. The maximum atomic E-state index is 12.6. The molecule has 0 unspecified atom stereocenters. The van der Waals surface area contributed by atoms with Crippen molar-refractivity contribution in [1.29, 1.82) is 0 Å². The van der Waals surface area contributed by atoms with Crippen molar-refractivity contribution in [1.82, 2.24) is 10.5 Å². The second kappa shape index (κ2) is 7.75. The van der Waals surface area contributed by atoms with Crippen LogP contribution in [0.3, 0.4) is 0 Å². The fourth-order valence-corrected chi connectivity index (χ4v) is 2.73. The minimum atomic E-state index is -4.77. The molecule has 146 valence electrons. The van der Waals surface area contributed by atoms with Crippen LogP contribution in [0.5, 0.6) is 5.75 Å². The molecule has 0 aliphatic heterocycles. The number of halogens is 3. The van der Waals surface area contributed by atoms with E-state index in [-0.39, 0.29) is 23.0 Å². The van der Waals surface area contributed by atoms with E-state index >= 15 is 0 Å². The summed E-state index contributed by atoms with van der Waals surface area (Å²) in [6.45, 7) is 3.90. The SMILES string of the molecule is Cc1cccc(CNC(=O)c2c(C)noc2-c2ccc(OC(F)(F)F)cc2)c1. The second-order valence-electron chi connectivity index (χ2n) is 6.22. The highest BCUT2D eigenvalue weighted by Gasteiger charge is 2.31. The molecule has 0 spiro atoms. The highest BCUT2D eigenvalue weighted by molar-refractivity contribution is 6.00. The molecule has 1 heterocycles. The van der Waals surface area contributed by atoms with Crippen LogP contribution in [0.1, 0.15) is 27.2 Å². The lowest BCUT2D eigenvalue weighted by molar-refractivity contribution is -0.274. The van der Waals surface area contributed by atoms with Crippen LogP contribution in [0.25, 0.3) is 11.3 Å². The minimum absolute atomic E-state index is 0.179. The number of nitrogens with zero attached hydrogens (tertiary/aromatic N) is 1. The third-order valence-electron chi connectivity index (χ3n) is 3.98. The minimum Gasteiger partial charge on any atom is -0.406 e. The quantitative estimate of drug-likeness (QED) is 0.681. The standard InChI is InChI=1S/C20H17F3N2O3/c1-12-4-3-5-14(10-12)11-24-19(26)17-13(2)25-28-18(17)15-6-8-16(9-7-15)27-20(21,22)23/h3-10H,11H2,1-2H3,(H,24,26). The fourth-order valence-electron chi connectivity index (χ4n) is 2.73. The Bertz CT molecular complexity index is 979. The van der Waals surface area contributed by atoms with Crippen LogP contribution in [-0.4, -0.2) is 17.4 Å². The summed E-state index contributed by atoms with van der Waals surface area (Å²) in [5.41, 5.74) is 3.05. The Hall–Kier alpha value is -3.29. The molecule has 5 nitrogen and oxygen atoms in total. The zero-order valence-corrected chi connectivity index (χ0v) is 15.1. The molecule has 2 aromatic carbocycles. The maximum Gasteiger partial charge on any atom is 0.573 e. The first-order chi connectivity index (χ1) is 13.2. The van der Waals surface area contributed by atoms with Crippen molar-refractivity contribution < 1.29 is 27.2 Å². The van der Waals surface area contributed by atoms with Gasteiger partial charge in [-0.3, -0.25) is 4.79 Å². The van der Waals surface area contributed by atoms with Crippen LogP contribution >= 0.6 is 0 Å². The molecule has 1 amide bonds. The number of alkyl halides is 3. The number of nitrogens with one attached hydrogen (secondary N) is 1. The van der Waals surface area contributed by atoms with E-state index in [0.717, 1.165) is 23.3 Å². The van der Waals surface area contributed by atoms with Crippen LogP contribution in [0, 0.1) is 13.8 Å². The zero-order valence-electron chi connectivity index (χ0n) is 15.1. The molecule has 1 aromatic heterocycles. The van der Waals surface area contributed by atoms with Crippen LogP contribution in [-0.2, 0) is 6.54 Å². The number of benzene rings is 2. The summed E-state index contributed by atoms with van der Waals surface area (Å²) in [6, 6.07) is 12.8. The first-order valence-corrected chi connectivity index (χ1v) is 8.39. The Morgan fingerprint density at radius 3 is 2.50 bits per heavy atom. The van der Waals surface area contributed by atoms with Crippen molar-refractivity contribution in [2.45, 2.75) is 26.8 Å². The molecule has 0 bridgehead atoms. The Labute approximate surface area is 159 Å². The lowest BCUT2D eigenvalue weighted by Crippen LogP contribution is -2.23. The number of carbonyl (C=O) groups excluding carboxylic acids is 1. The molecule has 28 heavy (non-hydrogen) atoms. The van der Waals surface area contributed by atoms with Crippen LogP contribution in [0.15, 0.2) is 53.1 Å². The van der Waals surface area contributed by atoms with Crippen LogP contribution < -0.4 is 10.1 Å². The van der Waals surface area contributed by atoms with Gasteiger partial charge in [-0.2, -0.15) is 0 Å². The lowest BCUT2D eigenvalue weighted by Gasteiger charge is -2.09. The summed E-state index contributed by atoms with van der Waals surface area (Å²) >= 11 is 0. The van der Waals surface area contributed by atoms with Gasteiger partial charge < -0.3 is 14.6 Å². The number of amides is 1. The van der Waals surface area contributed by atoms with Crippen molar-refractivity contribution in [2.75, 3.05) is 0 Å². The third-order valence-corrected chi connectivity index (χ3v) is 3.98. The van der Waals surface area contributed by atoms with Crippen molar-refractivity contribution in [3.05, 3.63) is 70.9 Å². The molecule has 0 saturated carbocycles. The Morgan fingerprint density at radius 2 is 1.86 bits per heavy atom. The average Bonchev–Trinajstić information content (AvgIpc) is 3.01. The fraction of sp³-hybridized carbons (Fsp3) is 0.200. The number of aromatic nitrogens is 1. The number of aryl methyl sites for hydroxylation is 2. The van der Waals surface area contributed by atoms with Crippen LogP contribution in [0.4, 0.5) is 13.2 Å². The van der Waals surface area contributed by atoms with Gasteiger partial charge in [0.2, 0.25) is 0 Å². The molecule has 0 fully saturated rings. The molecular formula is C20H17F3N2O3. The first kappa shape index (κ1) is 19.5. The van der Waals surface area contributed by atoms with Crippen molar-refractivity contribution in [3.8, 4) is 17.1 Å². The molecular weight excluding hydrogens is 373 g/mol. The van der Waals surface area contributed by atoms with Crippen molar-refractivity contribution >= 4 is 5.91 Å². The smallest absolute Gasteiger partial charge is 0.406 e. The summed E-state index contributed by atoms with van der Waals surface area (Å²) in [5.74, 6) is -0.568. The van der Waals surface area contributed by atoms with Gasteiger partial charge in [-0.25, -0.2) is 0 Å². The molecule has 3 rings (SSSR count). The molecule has 8 heteroatoms. The van der Waals surface area contributed by atoms with E-state index in [9.17, 15) is 18.0 Å². The number of hydrogen-bond acceptors (Lipinski definition) is 4. The van der Waals surface area contributed by atoms with E-state index in [1.54, 1.807) is 6.92 Å². The largest absolute Gasteiger partial charge is 0.573 e. The number of rotatable bonds is 5. The van der Waals surface area contributed by atoms with Gasteiger partial charge in [0.25, 0.3) is 5.91 Å². The van der Waals surface area contributed by atoms with E-state index in [1.807, 2.05) is 31.2 Å². The average molecular weight is 390 g/mol. The number of ether oxygens (including phenoxy) is 1. The molecule has 3 aromatic rings. The van der Waals surface area contributed by atoms with E-state index < -0.39 is 6.36 Å². The maximum absolute atomic E-state index is 12.6. The zero-order chi connectivity index (χ0) is 20.3. The van der Waals surface area contributed by atoms with Gasteiger partial charge in [0.15, 0.2) is 5.76 Å². The van der Waals surface area contributed by atoms with Gasteiger partial charge in [-0.15, -0.1) is 13.2 Å². The number of carbonyl (C=O) groups is 1.